The summed E-state index contributed by atoms with van der Waals surface area (Å²) in [6.45, 7) is 10.2. The molecule has 1 aliphatic heterocycles. The summed E-state index contributed by atoms with van der Waals surface area (Å²) in [6.07, 6.45) is 5.34. The summed E-state index contributed by atoms with van der Waals surface area (Å²) in [6, 6.07) is 0. The Morgan fingerprint density at radius 1 is 1.43 bits per heavy atom. The summed E-state index contributed by atoms with van der Waals surface area (Å²) in [4.78, 5) is 0. The molecule has 82 valence electrons. The molecule has 1 heterocycles. The second kappa shape index (κ2) is 2.98. The van der Waals surface area contributed by atoms with Crippen molar-refractivity contribution in [3.8, 4) is 0 Å². The van der Waals surface area contributed by atoms with E-state index in [-0.39, 0.29) is 10.3 Å². The molecule has 1 saturated carbocycles. The predicted octanol–water partition coefficient (Wildman–Crippen LogP) is 2.99. The van der Waals surface area contributed by atoms with Crippen LogP contribution in [-0.2, 0) is 8.67 Å². The van der Waals surface area contributed by atoms with E-state index in [1.165, 1.54) is 12.8 Å². The molecule has 4 heteroatoms. The minimum atomic E-state index is -1.44. The maximum atomic E-state index is 5.28. The van der Waals surface area contributed by atoms with Crippen LogP contribution >= 0.6 is 10.8 Å². The number of rotatable bonds is 4. The zero-order valence-corrected chi connectivity index (χ0v) is 9.95. The molecule has 14 heavy (non-hydrogen) atoms. The third-order valence-electron chi connectivity index (χ3n) is 2.54. The van der Waals surface area contributed by atoms with Gasteiger partial charge in [-0.3, -0.25) is 0 Å². The smallest absolute Gasteiger partial charge is 0.0847 e. The van der Waals surface area contributed by atoms with E-state index in [0.717, 1.165) is 6.42 Å². The number of nitrogens with one attached hydrogen (secondary N) is 1. The Morgan fingerprint density at radius 3 is 2.29 bits per heavy atom. The minimum Gasteiger partial charge on any atom is -0.209 e. The van der Waals surface area contributed by atoms with Crippen molar-refractivity contribution < 1.29 is 8.67 Å². The third-order valence-corrected chi connectivity index (χ3v) is 5.54. The lowest BCUT2D eigenvalue weighted by Gasteiger charge is -2.33. The molecule has 2 rings (SSSR count). The van der Waals surface area contributed by atoms with Crippen molar-refractivity contribution in [3.05, 3.63) is 12.7 Å². The summed E-state index contributed by atoms with van der Waals surface area (Å²) in [5.74, 6) is 0. The van der Waals surface area contributed by atoms with E-state index in [0.29, 0.717) is 0 Å². The first-order valence-corrected chi connectivity index (χ1v) is 6.52. The average Bonchev–Trinajstić information content (AvgIpc) is 2.82. The number of hydrogen-bond acceptors (Lipinski definition) is 3. The van der Waals surface area contributed by atoms with E-state index in [4.69, 9.17) is 8.67 Å². The minimum absolute atomic E-state index is 0.0442. The summed E-state index contributed by atoms with van der Waals surface area (Å²) in [5.41, 5.74) is 0.0442. The van der Waals surface area contributed by atoms with Gasteiger partial charge in [0.2, 0.25) is 0 Å². The van der Waals surface area contributed by atoms with Crippen LogP contribution in [0.5, 0.6) is 0 Å². The number of hydrogen-bond donors (Lipinski definition) is 1. The van der Waals surface area contributed by atoms with E-state index >= 15 is 0 Å². The van der Waals surface area contributed by atoms with Gasteiger partial charge in [0.05, 0.1) is 4.75 Å². The summed E-state index contributed by atoms with van der Waals surface area (Å²) in [7, 11) is -1.44. The van der Waals surface area contributed by atoms with Crippen LogP contribution in [-0.4, -0.2) is 10.3 Å². The highest BCUT2D eigenvalue weighted by Crippen LogP contribution is 2.80. The largest absolute Gasteiger partial charge is 0.209 e. The normalized spacial score (nSPS) is 29.4. The van der Waals surface area contributed by atoms with Crippen LogP contribution in [0.1, 0.15) is 40.0 Å². The standard InChI is InChI=1S/C10H19NO2S/c1-5-6-10(7-8-10)14(12-13-14)11-9(2,3)4/h5,11H,1,6-8H2,2-4H3. The first-order valence-electron chi connectivity index (χ1n) is 5.04. The van der Waals surface area contributed by atoms with Crippen molar-refractivity contribution in [1.82, 2.24) is 4.72 Å². The van der Waals surface area contributed by atoms with Gasteiger partial charge in [0.25, 0.3) is 0 Å². The lowest BCUT2D eigenvalue weighted by Crippen LogP contribution is -2.38. The molecule has 0 amide bonds. The molecule has 0 aromatic heterocycles. The molecule has 0 bridgehead atoms. The monoisotopic (exact) mass is 217 g/mol. The molecule has 0 unspecified atom stereocenters. The molecule has 1 saturated heterocycles. The van der Waals surface area contributed by atoms with Crippen molar-refractivity contribution in [1.29, 1.82) is 0 Å². The third kappa shape index (κ3) is 1.72. The van der Waals surface area contributed by atoms with Crippen LogP contribution in [0.2, 0.25) is 0 Å². The molecule has 0 atom stereocenters. The van der Waals surface area contributed by atoms with E-state index in [1.54, 1.807) is 0 Å². The molecular weight excluding hydrogens is 198 g/mol. The Kier molecular flexibility index (Phi) is 2.23. The van der Waals surface area contributed by atoms with Crippen molar-refractivity contribution in [2.45, 2.75) is 50.3 Å². The average molecular weight is 217 g/mol. The Hall–Kier alpha value is -0.0300. The fourth-order valence-electron chi connectivity index (χ4n) is 1.70. The zero-order chi connectivity index (χ0) is 10.4. The predicted molar refractivity (Wildman–Crippen MR) is 59.4 cm³/mol. The molecule has 0 aromatic rings. The van der Waals surface area contributed by atoms with Crippen molar-refractivity contribution >= 4 is 10.8 Å². The van der Waals surface area contributed by atoms with E-state index < -0.39 is 10.8 Å². The van der Waals surface area contributed by atoms with Gasteiger partial charge in [-0.25, -0.2) is 4.72 Å². The summed E-state index contributed by atoms with van der Waals surface area (Å²) in [5, 5.41) is 0. The van der Waals surface area contributed by atoms with E-state index in [2.05, 4.69) is 32.1 Å². The zero-order valence-electron chi connectivity index (χ0n) is 9.13. The molecule has 0 spiro atoms. The lowest BCUT2D eigenvalue weighted by molar-refractivity contribution is 0.0850. The van der Waals surface area contributed by atoms with Crippen LogP contribution in [0, 0.1) is 0 Å². The van der Waals surface area contributed by atoms with Crippen molar-refractivity contribution in [3.63, 3.8) is 0 Å². The van der Waals surface area contributed by atoms with Gasteiger partial charge in [-0.1, -0.05) is 25.5 Å². The fourth-order valence-corrected chi connectivity index (χ4v) is 4.28. The molecular formula is C10H19NO2S. The van der Waals surface area contributed by atoms with Gasteiger partial charge in [0.15, 0.2) is 0 Å². The highest BCUT2D eigenvalue weighted by molar-refractivity contribution is 8.29. The first-order chi connectivity index (χ1) is 6.43. The molecule has 2 fully saturated rings. The molecule has 2 aliphatic rings. The first kappa shape index (κ1) is 10.5. The molecule has 0 radical (unpaired) electrons. The van der Waals surface area contributed by atoms with Crippen LogP contribution in [0.4, 0.5) is 0 Å². The fraction of sp³-hybridized carbons (Fsp3) is 0.800. The van der Waals surface area contributed by atoms with Crippen LogP contribution < -0.4 is 4.72 Å². The lowest BCUT2D eigenvalue weighted by atomic mass is 10.1. The van der Waals surface area contributed by atoms with Crippen molar-refractivity contribution in [2.24, 2.45) is 0 Å². The van der Waals surface area contributed by atoms with Gasteiger partial charge in [-0.15, -0.1) is 6.58 Å². The van der Waals surface area contributed by atoms with Gasteiger partial charge < -0.3 is 0 Å². The molecule has 1 N–H and O–H groups in total. The van der Waals surface area contributed by atoms with Gasteiger partial charge in [0, 0.05) is 5.54 Å². The highest BCUT2D eigenvalue weighted by atomic mass is 32.3. The Morgan fingerprint density at radius 2 is 2.00 bits per heavy atom. The topological polar surface area (TPSA) is 37.1 Å². The molecule has 3 nitrogen and oxygen atoms in total. The van der Waals surface area contributed by atoms with Gasteiger partial charge in [-0.2, -0.15) is 0 Å². The molecule has 1 aliphatic carbocycles. The van der Waals surface area contributed by atoms with Gasteiger partial charge in [-0.05, 0) is 40.0 Å². The van der Waals surface area contributed by atoms with E-state index in [9.17, 15) is 0 Å². The summed E-state index contributed by atoms with van der Waals surface area (Å²) < 4.78 is 14.3. The second-order valence-electron chi connectivity index (χ2n) is 5.17. The Balaban J connectivity index is 2.06. The SMILES string of the molecule is C=CCC1(S2(NC(C)(C)C)OO2)CC1. The van der Waals surface area contributed by atoms with Gasteiger partial charge >= 0.3 is 0 Å². The van der Waals surface area contributed by atoms with Gasteiger partial charge in [0.1, 0.15) is 0 Å². The van der Waals surface area contributed by atoms with Crippen LogP contribution in [0.15, 0.2) is 12.7 Å². The number of allylic oxidation sites excluding steroid dienone is 1. The quantitative estimate of drug-likeness (QED) is 0.447. The maximum Gasteiger partial charge on any atom is 0.0847 e. The second-order valence-corrected chi connectivity index (χ2v) is 7.52. The summed E-state index contributed by atoms with van der Waals surface area (Å²) >= 11 is 0. The van der Waals surface area contributed by atoms with E-state index in [1.807, 2.05) is 6.08 Å². The van der Waals surface area contributed by atoms with Crippen LogP contribution in [0.25, 0.3) is 0 Å². The molecule has 0 aromatic carbocycles. The highest BCUT2D eigenvalue weighted by Gasteiger charge is 2.65. The maximum absolute atomic E-state index is 5.28. The Bertz CT molecular complexity index is 251. The Labute approximate surface area is 87.6 Å². The van der Waals surface area contributed by atoms with Crippen LogP contribution in [0.3, 0.4) is 0 Å². The van der Waals surface area contributed by atoms with Crippen molar-refractivity contribution in [2.75, 3.05) is 0 Å².